The van der Waals surface area contributed by atoms with E-state index in [1.54, 1.807) is 18.2 Å². The number of rotatable bonds is 3. The first-order valence-electron chi connectivity index (χ1n) is 7.73. The molecule has 1 aliphatic rings. The summed E-state index contributed by atoms with van der Waals surface area (Å²) in [7, 11) is 0. The van der Waals surface area contributed by atoms with E-state index in [-0.39, 0.29) is 22.3 Å². The minimum absolute atomic E-state index is 0.0488. The summed E-state index contributed by atoms with van der Waals surface area (Å²) in [5, 5.41) is 0.136. The van der Waals surface area contributed by atoms with Gasteiger partial charge in [0.25, 0.3) is 5.56 Å². The molecule has 0 radical (unpaired) electrons. The van der Waals surface area contributed by atoms with Crippen molar-refractivity contribution in [2.45, 2.75) is 39.3 Å². The molecule has 0 amide bonds. The van der Waals surface area contributed by atoms with Crippen LogP contribution in [0.2, 0.25) is 5.02 Å². The van der Waals surface area contributed by atoms with Crippen LogP contribution in [0.15, 0.2) is 23.0 Å². The monoisotopic (exact) mass is 335 g/mol. The first-order chi connectivity index (χ1) is 11.0. The lowest BCUT2D eigenvalue weighted by Crippen LogP contribution is -2.35. The molecular weight excluding hydrogens is 317 g/mol. The zero-order valence-corrected chi connectivity index (χ0v) is 14.0. The van der Waals surface area contributed by atoms with Crippen LogP contribution in [-0.2, 0) is 19.5 Å². The molecule has 1 aromatic heterocycles. The van der Waals surface area contributed by atoms with Crippen molar-refractivity contribution in [1.29, 1.82) is 0 Å². The third-order valence-corrected chi connectivity index (χ3v) is 4.44. The highest BCUT2D eigenvalue weighted by Crippen LogP contribution is 2.22. The van der Waals surface area contributed by atoms with E-state index in [9.17, 15) is 9.18 Å². The van der Waals surface area contributed by atoms with E-state index in [2.05, 4.69) is 14.9 Å². The second-order valence-electron chi connectivity index (χ2n) is 6.20. The summed E-state index contributed by atoms with van der Waals surface area (Å²) < 4.78 is 14.1. The second-order valence-corrected chi connectivity index (χ2v) is 6.61. The minimum atomic E-state index is -0.373. The Labute approximate surface area is 139 Å². The summed E-state index contributed by atoms with van der Waals surface area (Å²) in [6, 6.07) is 5.03. The maximum Gasteiger partial charge on any atom is 0.254 e. The van der Waals surface area contributed by atoms with E-state index in [4.69, 9.17) is 11.6 Å². The predicted molar refractivity (Wildman–Crippen MR) is 88.2 cm³/mol. The number of fused-ring (bicyclic) bond motifs is 1. The molecule has 0 saturated heterocycles. The van der Waals surface area contributed by atoms with E-state index in [0.29, 0.717) is 37.4 Å². The molecule has 6 heteroatoms. The summed E-state index contributed by atoms with van der Waals surface area (Å²) in [4.78, 5) is 21.7. The van der Waals surface area contributed by atoms with E-state index in [1.165, 1.54) is 0 Å². The Morgan fingerprint density at radius 3 is 2.96 bits per heavy atom. The Bertz CT molecular complexity index is 788. The maximum absolute atomic E-state index is 14.1. The highest BCUT2D eigenvalue weighted by atomic mass is 35.5. The number of nitrogens with one attached hydrogen (secondary N) is 1. The molecule has 1 aliphatic heterocycles. The number of halogens is 2. The lowest BCUT2D eigenvalue weighted by molar-refractivity contribution is 0.236. The highest BCUT2D eigenvalue weighted by molar-refractivity contribution is 6.30. The Kier molecular flexibility index (Phi) is 4.50. The Morgan fingerprint density at radius 1 is 1.43 bits per heavy atom. The molecule has 122 valence electrons. The van der Waals surface area contributed by atoms with Gasteiger partial charge in [-0.3, -0.25) is 9.69 Å². The number of nitrogens with zero attached hydrogens (tertiary/aromatic N) is 2. The van der Waals surface area contributed by atoms with Crippen LogP contribution in [0.5, 0.6) is 0 Å². The Morgan fingerprint density at radius 2 is 2.22 bits per heavy atom. The standard InChI is InChI=1S/C17H19ClFN3O/c1-10(2)16-20-14-9-22(7-6-12(14)17(23)21-16)8-11-4-3-5-13(18)15(11)19/h3-5,10H,6-9H2,1-2H3,(H,20,21,23). The van der Waals surface area contributed by atoms with Crippen molar-refractivity contribution in [3.63, 3.8) is 0 Å². The molecule has 0 bridgehead atoms. The molecule has 0 unspecified atom stereocenters. The van der Waals surface area contributed by atoms with Crippen LogP contribution >= 0.6 is 11.6 Å². The van der Waals surface area contributed by atoms with Crippen LogP contribution in [0.4, 0.5) is 4.39 Å². The fourth-order valence-electron chi connectivity index (χ4n) is 2.83. The smallest absolute Gasteiger partial charge is 0.254 e. The number of aromatic nitrogens is 2. The Hall–Kier alpha value is -1.72. The van der Waals surface area contributed by atoms with Gasteiger partial charge in [0.05, 0.1) is 10.7 Å². The van der Waals surface area contributed by atoms with Crippen molar-refractivity contribution in [3.8, 4) is 0 Å². The summed E-state index contributed by atoms with van der Waals surface area (Å²) >= 11 is 5.84. The average molecular weight is 336 g/mol. The lowest BCUT2D eigenvalue weighted by Gasteiger charge is -2.28. The van der Waals surface area contributed by atoms with Crippen molar-refractivity contribution < 1.29 is 4.39 Å². The highest BCUT2D eigenvalue weighted by Gasteiger charge is 2.22. The molecule has 2 heterocycles. The zero-order chi connectivity index (χ0) is 16.6. The largest absolute Gasteiger partial charge is 0.310 e. The van der Waals surface area contributed by atoms with Crippen LogP contribution in [0.1, 0.15) is 42.4 Å². The SMILES string of the molecule is CC(C)c1nc2c(c(=O)[nH]1)CCN(Cc1cccc(Cl)c1F)C2. The van der Waals surface area contributed by atoms with Crippen molar-refractivity contribution >= 4 is 11.6 Å². The summed E-state index contributed by atoms with van der Waals surface area (Å²) in [6.45, 7) is 5.69. The van der Waals surface area contributed by atoms with Crippen molar-refractivity contribution in [2.75, 3.05) is 6.54 Å². The van der Waals surface area contributed by atoms with Gasteiger partial charge in [0.1, 0.15) is 11.6 Å². The van der Waals surface area contributed by atoms with Crippen LogP contribution in [0.25, 0.3) is 0 Å². The number of H-pyrrole nitrogens is 1. The second kappa shape index (κ2) is 6.42. The van der Waals surface area contributed by atoms with Gasteiger partial charge in [0, 0.05) is 36.7 Å². The van der Waals surface area contributed by atoms with E-state index >= 15 is 0 Å². The molecule has 23 heavy (non-hydrogen) atoms. The van der Waals surface area contributed by atoms with E-state index in [1.807, 2.05) is 13.8 Å². The summed E-state index contributed by atoms with van der Waals surface area (Å²) in [5.74, 6) is 0.486. The third kappa shape index (κ3) is 3.31. The molecule has 0 fully saturated rings. The van der Waals surface area contributed by atoms with E-state index in [0.717, 1.165) is 11.3 Å². The first kappa shape index (κ1) is 16.1. The molecule has 1 aromatic carbocycles. The number of hydrogen-bond acceptors (Lipinski definition) is 3. The van der Waals surface area contributed by atoms with Gasteiger partial charge in [-0.15, -0.1) is 0 Å². The van der Waals surface area contributed by atoms with Crippen LogP contribution in [0.3, 0.4) is 0 Å². The maximum atomic E-state index is 14.1. The van der Waals surface area contributed by atoms with Gasteiger partial charge in [-0.25, -0.2) is 9.37 Å². The number of hydrogen-bond donors (Lipinski definition) is 1. The summed E-state index contributed by atoms with van der Waals surface area (Å²) in [6.07, 6.45) is 0.623. The molecular formula is C17H19ClFN3O. The van der Waals surface area contributed by atoms with E-state index < -0.39 is 0 Å². The zero-order valence-electron chi connectivity index (χ0n) is 13.2. The molecule has 0 spiro atoms. The molecule has 2 aromatic rings. The third-order valence-electron chi connectivity index (χ3n) is 4.14. The van der Waals surface area contributed by atoms with Gasteiger partial charge >= 0.3 is 0 Å². The molecule has 3 rings (SSSR count). The normalized spacial score (nSPS) is 15.0. The van der Waals surface area contributed by atoms with Crippen molar-refractivity contribution in [3.05, 3.63) is 62.0 Å². The number of benzene rings is 1. The van der Waals surface area contributed by atoms with Gasteiger partial charge in [-0.1, -0.05) is 37.6 Å². The van der Waals surface area contributed by atoms with Gasteiger partial charge in [0.2, 0.25) is 0 Å². The minimum Gasteiger partial charge on any atom is -0.310 e. The van der Waals surface area contributed by atoms with Crippen LogP contribution < -0.4 is 5.56 Å². The fourth-order valence-corrected chi connectivity index (χ4v) is 3.03. The summed E-state index contributed by atoms with van der Waals surface area (Å²) in [5.41, 5.74) is 2.06. The van der Waals surface area contributed by atoms with Crippen LogP contribution in [0, 0.1) is 5.82 Å². The molecule has 4 nitrogen and oxygen atoms in total. The molecule has 0 atom stereocenters. The predicted octanol–water partition coefficient (Wildman–Crippen LogP) is 3.24. The topological polar surface area (TPSA) is 49.0 Å². The van der Waals surface area contributed by atoms with Gasteiger partial charge < -0.3 is 4.98 Å². The molecule has 0 aliphatic carbocycles. The van der Waals surface area contributed by atoms with Crippen molar-refractivity contribution in [1.82, 2.24) is 14.9 Å². The first-order valence-corrected chi connectivity index (χ1v) is 8.10. The van der Waals surface area contributed by atoms with Crippen molar-refractivity contribution in [2.24, 2.45) is 0 Å². The van der Waals surface area contributed by atoms with Gasteiger partial charge in [-0.2, -0.15) is 0 Å². The number of aromatic amines is 1. The fraction of sp³-hybridized carbons (Fsp3) is 0.412. The quantitative estimate of drug-likeness (QED) is 0.936. The average Bonchev–Trinajstić information content (AvgIpc) is 2.51. The van der Waals surface area contributed by atoms with Crippen LogP contribution in [-0.4, -0.2) is 21.4 Å². The van der Waals surface area contributed by atoms with Gasteiger partial charge in [0.15, 0.2) is 0 Å². The lowest BCUT2D eigenvalue weighted by atomic mass is 10.0. The van der Waals surface area contributed by atoms with Gasteiger partial charge in [-0.05, 0) is 12.5 Å². The Balaban J connectivity index is 1.85. The molecule has 0 saturated carbocycles. The molecule has 1 N–H and O–H groups in total.